The van der Waals surface area contributed by atoms with E-state index in [1.54, 1.807) is 38.3 Å². The molecule has 40 heavy (non-hydrogen) atoms. The first-order valence-electron chi connectivity index (χ1n) is 12.5. The predicted octanol–water partition coefficient (Wildman–Crippen LogP) is 4.03. The van der Waals surface area contributed by atoms with E-state index in [0.717, 1.165) is 15.8 Å². The maximum Gasteiger partial charge on any atom is 0.338 e. The standard InChI is InChI=1S/C30H22BrN3O5S/c1-3-39-29(37)23-24(16-7-5-4-6-8-16)33-30-34(25(23)17-9-12-19(38-2)13-10-17)28(36)26(40-30)22-20-15-18(31)11-14-21(20)32-27(22)35/h4-15,25H,3H2,1-2H3,(H,32,35)/b26-22-/t25-/m1/s1. The third-order valence-electron chi connectivity index (χ3n) is 6.73. The van der Waals surface area contributed by atoms with Crippen molar-refractivity contribution in [2.75, 3.05) is 19.0 Å². The van der Waals surface area contributed by atoms with E-state index in [4.69, 9.17) is 14.5 Å². The van der Waals surface area contributed by atoms with Gasteiger partial charge in [-0.25, -0.2) is 9.79 Å². The minimum Gasteiger partial charge on any atom is -0.497 e. The highest BCUT2D eigenvalue weighted by Crippen LogP contribution is 2.36. The first kappa shape index (κ1) is 26.0. The lowest BCUT2D eigenvalue weighted by molar-refractivity contribution is -0.138. The minimum absolute atomic E-state index is 0.153. The molecule has 10 heteroatoms. The minimum atomic E-state index is -0.850. The number of fused-ring (bicyclic) bond motifs is 2. The summed E-state index contributed by atoms with van der Waals surface area (Å²) in [6.45, 7) is 1.88. The number of esters is 1. The highest BCUT2D eigenvalue weighted by molar-refractivity contribution is 9.10. The number of carbonyl (C=O) groups excluding carboxylic acids is 2. The second-order valence-electron chi connectivity index (χ2n) is 9.04. The van der Waals surface area contributed by atoms with Crippen LogP contribution >= 0.6 is 27.3 Å². The number of carbonyl (C=O) groups is 2. The molecule has 1 N–H and O–H groups in total. The van der Waals surface area contributed by atoms with Gasteiger partial charge in [0, 0.05) is 21.3 Å². The Hall–Kier alpha value is -4.28. The molecule has 3 heterocycles. The summed E-state index contributed by atoms with van der Waals surface area (Å²) in [5.74, 6) is -0.308. The molecule has 0 unspecified atom stereocenters. The van der Waals surface area contributed by atoms with Crippen molar-refractivity contribution in [1.82, 2.24) is 4.57 Å². The lowest BCUT2D eigenvalue weighted by atomic mass is 9.93. The van der Waals surface area contributed by atoms with Crippen LogP contribution in [0.15, 0.2) is 92.6 Å². The normalized spacial score (nSPS) is 17.1. The quantitative estimate of drug-likeness (QED) is 0.342. The van der Waals surface area contributed by atoms with E-state index >= 15 is 0 Å². The topological polar surface area (TPSA) is 99.0 Å². The van der Waals surface area contributed by atoms with E-state index in [9.17, 15) is 14.4 Å². The monoisotopic (exact) mass is 615 g/mol. The summed E-state index contributed by atoms with van der Waals surface area (Å²) < 4.78 is 13.3. The predicted molar refractivity (Wildman–Crippen MR) is 156 cm³/mol. The Labute approximate surface area is 241 Å². The zero-order valence-electron chi connectivity index (χ0n) is 21.4. The Balaban J connectivity index is 1.71. The third-order valence-corrected chi connectivity index (χ3v) is 8.28. The summed E-state index contributed by atoms with van der Waals surface area (Å²) in [6.07, 6.45) is 0. The molecule has 0 radical (unpaired) electrons. The number of thiazole rings is 1. The Morgan fingerprint density at radius 1 is 1.07 bits per heavy atom. The van der Waals surface area contributed by atoms with Gasteiger partial charge in [0.1, 0.15) is 10.3 Å². The molecule has 0 spiro atoms. The van der Waals surface area contributed by atoms with Gasteiger partial charge in [-0.2, -0.15) is 0 Å². The van der Waals surface area contributed by atoms with Crippen LogP contribution in [0.25, 0.3) is 11.3 Å². The molecule has 0 fully saturated rings. The van der Waals surface area contributed by atoms with Crippen molar-refractivity contribution < 1.29 is 19.1 Å². The highest BCUT2D eigenvalue weighted by atomic mass is 79.9. The average molecular weight is 616 g/mol. The molecule has 1 amide bonds. The number of aromatic nitrogens is 1. The molecule has 2 aliphatic heterocycles. The number of benzene rings is 3. The number of nitrogens with one attached hydrogen (secondary N) is 1. The van der Waals surface area contributed by atoms with Crippen LogP contribution in [0.3, 0.4) is 0 Å². The Bertz CT molecular complexity index is 1890. The van der Waals surface area contributed by atoms with E-state index in [1.807, 2.05) is 48.5 Å². The molecule has 3 aromatic carbocycles. The summed E-state index contributed by atoms with van der Waals surface area (Å²) in [6, 6.07) is 21.1. The van der Waals surface area contributed by atoms with Gasteiger partial charge in [0.25, 0.3) is 11.5 Å². The number of halogens is 1. The molecule has 1 aromatic heterocycles. The van der Waals surface area contributed by atoms with Crippen molar-refractivity contribution >= 4 is 56.1 Å². The van der Waals surface area contributed by atoms with Crippen molar-refractivity contribution in [3.05, 3.63) is 119 Å². The van der Waals surface area contributed by atoms with Crippen LogP contribution in [0.2, 0.25) is 0 Å². The Kier molecular flexibility index (Phi) is 6.73. The number of amides is 1. The fraction of sp³-hybridized carbons (Fsp3) is 0.133. The van der Waals surface area contributed by atoms with Crippen molar-refractivity contribution in [2.24, 2.45) is 4.99 Å². The highest BCUT2D eigenvalue weighted by Gasteiger charge is 2.36. The smallest absolute Gasteiger partial charge is 0.338 e. The van der Waals surface area contributed by atoms with Crippen LogP contribution in [-0.4, -0.2) is 30.2 Å². The zero-order chi connectivity index (χ0) is 28.0. The van der Waals surface area contributed by atoms with Crippen LogP contribution < -0.4 is 24.9 Å². The average Bonchev–Trinajstić information content (AvgIpc) is 3.47. The lowest BCUT2D eigenvalue weighted by Crippen LogP contribution is -2.40. The van der Waals surface area contributed by atoms with Crippen LogP contribution in [0, 0.1) is 0 Å². The van der Waals surface area contributed by atoms with E-state index in [0.29, 0.717) is 38.6 Å². The second kappa shape index (κ2) is 10.4. The van der Waals surface area contributed by atoms with Gasteiger partial charge in [0.05, 0.1) is 36.6 Å². The first-order chi connectivity index (χ1) is 19.4. The van der Waals surface area contributed by atoms with Crippen LogP contribution in [0.5, 0.6) is 5.75 Å². The summed E-state index contributed by atoms with van der Waals surface area (Å²) >= 11 is 4.59. The SMILES string of the molecule is CCOC(=O)C1=C(c2ccccc2)N=c2s/c(=C3\C(=O)Nc4ccc(Br)cc43)c(=O)n2[C@@H]1c1ccc(OC)cc1. The molecule has 0 saturated carbocycles. The van der Waals surface area contributed by atoms with E-state index < -0.39 is 17.6 Å². The fourth-order valence-corrected chi connectivity index (χ4v) is 6.41. The molecule has 0 bridgehead atoms. The Morgan fingerprint density at radius 3 is 2.52 bits per heavy atom. The first-order valence-corrected chi connectivity index (χ1v) is 14.1. The molecule has 8 nitrogen and oxygen atoms in total. The van der Waals surface area contributed by atoms with Crippen LogP contribution in [0.1, 0.15) is 29.7 Å². The van der Waals surface area contributed by atoms with Gasteiger partial charge in [-0.1, -0.05) is 69.7 Å². The van der Waals surface area contributed by atoms with Crippen molar-refractivity contribution in [3.63, 3.8) is 0 Å². The maximum absolute atomic E-state index is 14.2. The number of hydrogen-bond acceptors (Lipinski definition) is 7. The van der Waals surface area contributed by atoms with Gasteiger partial charge >= 0.3 is 5.97 Å². The molecular formula is C30H22BrN3O5S. The lowest BCUT2D eigenvalue weighted by Gasteiger charge is -2.26. The summed E-state index contributed by atoms with van der Waals surface area (Å²) in [7, 11) is 1.57. The van der Waals surface area contributed by atoms with Gasteiger partial charge in [0.2, 0.25) is 0 Å². The number of methoxy groups -OCH3 is 1. The Morgan fingerprint density at radius 2 is 1.82 bits per heavy atom. The fourth-order valence-electron chi connectivity index (χ4n) is 4.96. The van der Waals surface area contributed by atoms with Crippen molar-refractivity contribution in [3.8, 4) is 5.75 Å². The van der Waals surface area contributed by atoms with Gasteiger partial charge < -0.3 is 14.8 Å². The molecule has 200 valence electrons. The molecule has 0 aliphatic carbocycles. The molecular weight excluding hydrogens is 594 g/mol. The largest absolute Gasteiger partial charge is 0.497 e. The molecule has 0 saturated heterocycles. The number of ether oxygens (including phenoxy) is 2. The van der Waals surface area contributed by atoms with E-state index in [1.165, 1.54) is 4.57 Å². The van der Waals surface area contributed by atoms with Crippen molar-refractivity contribution in [1.29, 1.82) is 0 Å². The second-order valence-corrected chi connectivity index (χ2v) is 10.9. The van der Waals surface area contributed by atoms with Gasteiger partial charge in [-0.15, -0.1) is 0 Å². The summed E-state index contributed by atoms with van der Waals surface area (Å²) in [5, 5.41) is 2.85. The molecule has 1 atom stereocenters. The van der Waals surface area contributed by atoms with Gasteiger partial charge in [0.15, 0.2) is 4.80 Å². The number of nitrogens with zero attached hydrogens (tertiary/aromatic N) is 2. The third kappa shape index (κ3) is 4.29. The van der Waals surface area contributed by atoms with Crippen molar-refractivity contribution in [2.45, 2.75) is 13.0 Å². The maximum atomic E-state index is 14.2. The number of anilines is 1. The van der Waals surface area contributed by atoms with Gasteiger partial charge in [-0.05, 0) is 42.8 Å². The molecule has 6 rings (SSSR count). The van der Waals surface area contributed by atoms with E-state index in [-0.39, 0.29) is 28.2 Å². The molecule has 4 aromatic rings. The summed E-state index contributed by atoms with van der Waals surface area (Å²) in [5.41, 5.74) is 3.13. The van der Waals surface area contributed by atoms with Crippen LogP contribution in [0.4, 0.5) is 5.69 Å². The number of hydrogen-bond donors (Lipinski definition) is 1. The van der Waals surface area contributed by atoms with Gasteiger partial charge in [-0.3, -0.25) is 14.2 Å². The number of rotatable bonds is 5. The van der Waals surface area contributed by atoms with E-state index in [2.05, 4.69) is 21.2 Å². The van der Waals surface area contributed by atoms with Crippen LogP contribution in [-0.2, 0) is 14.3 Å². The zero-order valence-corrected chi connectivity index (χ0v) is 23.8. The summed E-state index contributed by atoms with van der Waals surface area (Å²) in [4.78, 5) is 46.1. The molecule has 2 aliphatic rings.